The van der Waals surface area contributed by atoms with E-state index in [0.717, 1.165) is 45.2 Å². The number of nitrogens with zero attached hydrogens (tertiary/aromatic N) is 2. The van der Waals surface area contributed by atoms with Gasteiger partial charge in [0.05, 0.1) is 0 Å². The molecule has 0 unspecified atom stereocenters. The van der Waals surface area contributed by atoms with Crippen LogP contribution in [0.5, 0.6) is 0 Å². The molecule has 0 saturated heterocycles. The molecule has 5 nitrogen and oxygen atoms in total. The molecule has 0 radical (unpaired) electrons. The number of aliphatic imine (C=N–C) groups is 1. The van der Waals surface area contributed by atoms with Gasteiger partial charge in [0.15, 0.2) is 5.96 Å². The zero-order chi connectivity index (χ0) is 17.9. The van der Waals surface area contributed by atoms with E-state index in [4.69, 9.17) is 4.74 Å². The Morgan fingerprint density at radius 1 is 1.08 bits per heavy atom. The summed E-state index contributed by atoms with van der Waals surface area (Å²) < 4.78 is 5.09. The van der Waals surface area contributed by atoms with Crippen LogP contribution in [0.25, 0.3) is 10.8 Å². The lowest BCUT2D eigenvalue weighted by Crippen LogP contribution is -2.40. The maximum atomic E-state index is 5.09. The molecule has 2 N–H and O–H groups in total. The summed E-state index contributed by atoms with van der Waals surface area (Å²) in [7, 11) is 5.68. The normalized spacial score (nSPS) is 11.9. The van der Waals surface area contributed by atoms with Crippen molar-refractivity contribution < 1.29 is 4.74 Å². The Kier molecular flexibility index (Phi) is 8.22. The van der Waals surface area contributed by atoms with Gasteiger partial charge in [0.25, 0.3) is 0 Å². The van der Waals surface area contributed by atoms with Crippen LogP contribution in [0.1, 0.15) is 12.0 Å². The largest absolute Gasteiger partial charge is 0.385 e. The standard InChI is InChI=1S/C20H30N4O/c1-21-20(22-12-14-24(2)13-7-15-25-3)23-16-18-10-6-9-17-8-4-5-11-19(17)18/h4-6,8-11H,7,12-16H2,1-3H3,(H2,21,22,23). The maximum Gasteiger partial charge on any atom is 0.191 e. The molecular formula is C20H30N4O. The van der Waals surface area contributed by atoms with Crippen molar-refractivity contribution in [3.05, 3.63) is 48.0 Å². The number of hydrogen-bond donors (Lipinski definition) is 2. The molecule has 25 heavy (non-hydrogen) atoms. The van der Waals surface area contributed by atoms with E-state index in [1.54, 1.807) is 14.2 Å². The van der Waals surface area contributed by atoms with Crippen LogP contribution >= 0.6 is 0 Å². The van der Waals surface area contributed by atoms with Crippen molar-refractivity contribution >= 4 is 16.7 Å². The van der Waals surface area contributed by atoms with E-state index in [2.05, 4.69) is 70.0 Å². The number of hydrogen-bond acceptors (Lipinski definition) is 3. The van der Waals surface area contributed by atoms with Gasteiger partial charge in [-0.2, -0.15) is 0 Å². The lowest BCUT2D eigenvalue weighted by molar-refractivity contribution is 0.180. The molecule has 0 saturated carbocycles. The minimum Gasteiger partial charge on any atom is -0.385 e. The first kappa shape index (κ1) is 19.2. The van der Waals surface area contributed by atoms with Crippen molar-refractivity contribution in [1.29, 1.82) is 0 Å². The van der Waals surface area contributed by atoms with Crippen molar-refractivity contribution in [3.8, 4) is 0 Å². The highest BCUT2D eigenvalue weighted by molar-refractivity contribution is 5.86. The van der Waals surface area contributed by atoms with Gasteiger partial charge in [0, 0.05) is 46.9 Å². The summed E-state index contributed by atoms with van der Waals surface area (Å²) in [5.41, 5.74) is 1.28. The van der Waals surface area contributed by atoms with Crippen molar-refractivity contribution in [2.24, 2.45) is 4.99 Å². The van der Waals surface area contributed by atoms with Gasteiger partial charge in [0.1, 0.15) is 0 Å². The summed E-state index contributed by atoms with van der Waals surface area (Å²) >= 11 is 0. The van der Waals surface area contributed by atoms with Crippen LogP contribution in [0, 0.1) is 0 Å². The Bertz CT molecular complexity index is 666. The first-order chi connectivity index (χ1) is 12.2. The van der Waals surface area contributed by atoms with Gasteiger partial charge in [-0.05, 0) is 29.8 Å². The zero-order valence-electron chi connectivity index (χ0n) is 15.6. The third-order valence-corrected chi connectivity index (χ3v) is 4.22. The van der Waals surface area contributed by atoms with Crippen molar-refractivity contribution in [2.45, 2.75) is 13.0 Å². The lowest BCUT2D eigenvalue weighted by atomic mass is 10.0. The van der Waals surface area contributed by atoms with Gasteiger partial charge in [0.2, 0.25) is 0 Å². The summed E-state index contributed by atoms with van der Waals surface area (Å²) in [6.45, 7) is 4.44. The number of ether oxygens (including phenoxy) is 1. The molecule has 2 aromatic carbocycles. The first-order valence-electron chi connectivity index (χ1n) is 8.83. The Balaban J connectivity index is 1.78. The number of fused-ring (bicyclic) bond motifs is 1. The van der Waals surface area contributed by atoms with Crippen LogP contribution < -0.4 is 10.6 Å². The molecule has 0 fully saturated rings. The lowest BCUT2D eigenvalue weighted by Gasteiger charge is -2.18. The zero-order valence-corrected chi connectivity index (χ0v) is 15.6. The average molecular weight is 342 g/mol. The maximum absolute atomic E-state index is 5.09. The summed E-state index contributed by atoms with van der Waals surface area (Å²) in [5.74, 6) is 0.832. The van der Waals surface area contributed by atoms with Crippen LogP contribution in [0.3, 0.4) is 0 Å². The van der Waals surface area contributed by atoms with E-state index in [0.29, 0.717) is 0 Å². The van der Waals surface area contributed by atoms with Gasteiger partial charge < -0.3 is 20.3 Å². The molecule has 0 spiro atoms. The van der Waals surface area contributed by atoms with Crippen LogP contribution in [0.15, 0.2) is 47.5 Å². The minimum absolute atomic E-state index is 0.755. The van der Waals surface area contributed by atoms with E-state index in [-0.39, 0.29) is 0 Å². The van der Waals surface area contributed by atoms with Gasteiger partial charge >= 0.3 is 0 Å². The highest BCUT2D eigenvalue weighted by atomic mass is 16.5. The molecule has 136 valence electrons. The van der Waals surface area contributed by atoms with E-state index < -0.39 is 0 Å². The Labute approximate surface area is 151 Å². The summed E-state index contributed by atoms with van der Waals surface area (Å²) in [4.78, 5) is 6.61. The predicted octanol–water partition coefficient (Wildman–Crippen LogP) is 2.47. The number of methoxy groups -OCH3 is 1. The van der Waals surface area contributed by atoms with E-state index in [9.17, 15) is 0 Å². The minimum atomic E-state index is 0.755. The molecule has 2 aromatic rings. The molecule has 2 rings (SSSR count). The number of rotatable bonds is 9. The number of benzene rings is 2. The van der Waals surface area contributed by atoms with Crippen LogP contribution in [-0.4, -0.2) is 58.3 Å². The third-order valence-electron chi connectivity index (χ3n) is 4.22. The Morgan fingerprint density at radius 2 is 1.88 bits per heavy atom. The van der Waals surface area contributed by atoms with Crippen LogP contribution in [-0.2, 0) is 11.3 Å². The topological polar surface area (TPSA) is 48.9 Å². The second-order valence-corrected chi connectivity index (χ2v) is 6.14. The molecular weight excluding hydrogens is 312 g/mol. The summed E-state index contributed by atoms with van der Waals surface area (Å²) in [6.07, 6.45) is 1.06. The second-order valence-electron chi connectivity index (χ2n) is 6.14. The predicted molar refractivity (Wildman–Crippen MR) is 106 cm³/mol. The van der Waals surface area contributed by atoms with E-state index >= 15 is 0 Å². The monoisotopic (exact) mass is 342 g/mol. The van der Waals surface area contributed by atoms with Crippen molar-refractivity contribution in [3.63, 3.8) is 0 Å². The number of likely N-dealkylation sites (N-methyl/N-ethyl adjacent to an activating group) is 1. The molecule has 0 aromatic heterocycles. The Hall–Kier alpha value is -2.11. The molecule has 0 aliphatic carbocycles. The SMILES string of the molecule is CN=C(NCCN(C)CCCOC)NCc1cccc2ccccc12. The average Bonchev–Trinajstić information content (AvgIpc) is 2.64. The van der Waals surface area contributed by atoms with Gasteiger partial charge in [-0.25, -0.2) is 0 Å². The van der Waals surface area contributed by atoms with Crippen molar-refractivity contribution in [2.75, 3.05) is 47.4 Å². The molecule has 0 aliphatic rings. The molecule has 0 aliphatic heterocycles. The molecule has 0 amide bonds. The fourth-order valence-corrected chi connectivity index (χ4v) is 2.80. The van der Waals surface area contributed by atoms with Gasteiger partial charge in [-0.15, -0.1) is 0 Å². The van der Waals surface area contributed by atoms with Crippen LogP contribution in [0.4, 0.5) is 0 Å². The second kappa shape index (κ2) is 10.7. The fraction of sp³-hybridized carbons (Fsp3) is 0.450. The molecule has 0 bridgehead atoms. The summed E-state index contributed by atoms with van der Waals surface area (Å²) in [6, 6.07) is 14.9. The highest BCUT2D eigenvalue weighted by Gasteiger charge is 2.03. The molecule has 0 atom stereocenters. The number of guanidine groups is 1. The molecule has 5 heteroatoms. The summed E-state index contributed by atoms with van der Waals surface area (Å²) in [5, 5.41) is 9.33. The van der Waals surface area contributed by atoms with Gasteiger partial charge in [-0.3, -0.25) is 4.99 Å². The molecule has 0 heterocycles. The Morgan fingerprint density at radius 3 is 2.68 bits per heavy atom. The van der Waals surface area contributed by atoms with Crippen molar-refractivity contribution in [1.82, 2.24) is 15.5 Å². The van der Waals surface area contributed by atoms with Crippen LogP contribution in [0.2, 0.25) is 0 Å². The smallest absolute Gasteiger partial charge is 0.191 e. The number of nitrogens with one attached hydrogen (secondary N) is 2. The third kappa shape index (κ3) is 6.36. The quantitative estimate of drug-likeness (QED) is 0.418. The van der Waals surface area contributed by atoms with E-state index in [1.165, 1.54) is 16.3 Å². The first-order valence-corrected chi connectivity index (χ1v) is 8.83. The fourth-order valence-electron chi connectivity index (χ4n) is 2.80. The van der Waals surface area contributed by atoms with E-state index in [1.807, 2.05) is 0 Å². The van der Waals surface area contributed by atoms with Gasteiger partial charge in [-0.1, -0.05) is 42.5 Å². The highest BCUT2D eigenvalue weighted by Crippen LogP contribution is 2.18.